The van der Waals surface area contributed by atoms with Crippen LogP contribution in [-0.2, 0) is 21.7 Å². The lowest BCUT2D eigenvalue weighted by molar-refractivity contribution is 0.332. The summed E-state index contributed by atoms with van der Waals surface area (Å²) < 4.78 is 6.57. The summed E-state index contributed by atoms with van der Waals surface area (Å²) in [7, 11) is 0. The molecule has 0 spiro atoms. The second-order valence-electron chi connectivity index (χ2n) is 23.0. The van der Waals surface area contributed by atoms with Gasteiger partial charge >= 0.3 is 0 Å². The number of benzene rings is 8. The number of rotatable bonds is 5. The predicted molar refractivity (Wildman–Crippen MR) is 289 cm³/mol. The van der Waals surface area contributed by atoms with E-state index in [1.165, 1.54) is 91.7 Å². The molecule has 9 aromatic rings. The molecule has 68 heavy (non-hydrogen) atoms. The number of anilines is 6. The van der Waals surface area contributed by atoms with Gasteiger partial charge in [0, 0.05) is 44.9 Å². The van der Waals surface area contributed by atoms with Crippen LogP contribution in [0.5, 0.6) is 0 Å². The van der Waals surface area contributed by atoms with Crippen LogP contribution in [-0.4, -0.2) is 6.71 Å². The molecule has 0 bridgehead atoms. The van der Waals surface area contributed by atoms with E-state index in [1.54, 1.807) is 0 Å². The minimum atomic E-state index is 0.0452. The zero-order valence-electron chi connectivity index (χ0n) is 40.8. The van der Waals surface area contributed by atoms with Gasteiger partial charge in [0.1, 0.15) is 11.2 Å². The zero-order valence-corrected chi connectivity index (χ0v) is 40.8. The predicted octanol–water partition coefficient (Wildman–Crippen LogP) is 15.7. The number of fused-ring (bicyclic) bond motifs is 10. The van der Waals surface area contributed by atoms with Crippen molar-refractivity contribution in [3.63, 3.8) is 0 Å². The molecule has 13 rings (SSSR count). The topological polar surface area (TPSA) is 19.6 Å². The van der Waals surface area contributed by atoms with Crippen molar-refractivity contribution in [2.24, 2.45) is 0 Å². The number of furan rings is 1. The van der Waals surface area contributed by atoms with Crippen molar-refractivity contribution in [2.75, 3.05) is 9.80 Å². The maximum absolute atomic E-state index is 6.57. The summed E-state index contributed by atoms with van der Waals surface area (Å²) in [5.41, 5.74) is 24.4. The van der Waals surface area contributed by atoms with Crippen molar-refractivity contribution in [3.8, 4) is 22.3 Å². The Morgan fingerprint density at radius 2 is 1.03 bits per heavy atom. The van der Waals surface area contributed by atoms with Crippen molar-refractivity contribution in [1.82, 2.24) is 0 Å². The highest BCUT2D eigenvalue weighted by atomic mass is 16.3. The first-order chi connectivity index (χ1) is 32.7. The minimum Gasteiger partial charge on any atom is -0.456 e. The van der Waals surface area contributed by atoms with Crippen LogP contribution in [0.2, 0.25) is 0 Å². The molecule has 0 unspecified atom stereocenters. The molecule has 2 aliphatic heterocycles. The van der Waals surface area contributed by atoms with Crippen molar-refractivity contribution in [1.29, 1.82) is 0 Å². The molecular formula is C64H59BN2O. The minimum absolute atomic E-state index is 0.0452. The van der Waals surface area contributed by atoms with Crippen molar-refractivity contribution in [3.05, 3.63) is 186 Å². The monoisotopic (exact) mass is 882 g/mol. The fourth-order valence-electron chi connectivity index (χ4n) is 12.8. The van der Waals surface area contributed by atoms with Crippen LogP contribution in [0, 0.1) is 0 Å². The maximum Gasteiger partial charge on any atom is 0.248 e. The molecule has 2 aliphatic carbocycles. The first kappa shape index (κ1) is 41.4. The van der Waals surface area contributed by atoms with Crippen molar-refractivity contribution < 1.29 is 4.42 Å². The van der Waals surface area contributed by atoms with Crippen molar-refractivity contribution >= 4 is 79.2 Å². The largest absolute Gasteiger partial charge is 0.456 e. The van der Waals surface area contributed by atoms with E-state index in [1.807, 2.05) is 0 Å². The van der Waals surface area contributed by atoms with Gasteiger partial charge in [-0.25, -0.2) is 0 Å². The third-order valence-corrected chi connectivity index (χ3v) is 17.0. The van der Waals surface area contributed by atoms with Gasteiger partial charge in [0.25, 0.3) is 0 Å². The number of para-hydroxylation sites is 3. The Bertz CT molecular complexity index is 3500. The van der Waals surface area contributed by atoms with Crippen LogP contribution in [0.1, 0.15) is 103 Å². The number of nitrogens with zero attached hydrogens (tertiary/aromatic N) is 2. The zero-order chi connectivity index (χ0) is 46.5. The van der Waals surface area contributed by atoms with Crippen LogP contribution in [0.4, 0.5) is 34.1 Å². The number of hydrogen-bond acceptors (Lipinski definition) is 3. The summed E-state index contributed by atoms with van der Waals surface area (Å²) in [6.07, 6.45) is 4.69. The average Bonchev–Trinajstić information content (AvgIpc) is 3.88. The van der Waals surface area contributed by atoms with Crippen molar-refractivity contribution in [2.45, 2.75) is 103 Å². The lowest BCUT2D eigenvalue weighted by Gasteiger charge is -2.45. The molecular weight excluding hydrogens is 824 g/mol. The van der Waals surface area contributed by atoms with E-state index in [9.17, 15) is 0 Å². The molecule has 4 heteroatoms. The lowest BCUT2D eigenvalue weighted by atomic mass is 9.36. The van der Waals surface area contributed by atoms with Gasteiger partial charge in [-0.2, -0.15) is 0 Å². The molecule has 0 amide bonds. The summed E-state index contributed by atoms with van der Waals surface area (Å²) in [5, 5.41) is 2.30. The van der Waals surface area contributed by atoms with Gasteiger partial charge in [0.05, 0.1) is 0 Å². The summed E-state index contributed by atoms with van der Waals surface area (Å²) in [4.78, 5) is 5.08. The normalized spacial score (nSPS) is 17.6. The molecule has 4 aliphatic rings. The molecule has 0 saturated carbocycles. The van der Waals surface area contributed by atoms with Gasteiger partial charge in [-0.15, -0.1) is 0 Å². The lowest BCUT2D eigenvalue weighted by Crippen LogP contribution is -2.55. The fraction of sp³-hybridized carbons (Fsp3) is 0.250. The Labute approximate surface area is 402 Å². The highest BCUT2D eigenvalue weighted by Crippen LogP contribution is 2.53. The van der Waals surface area contributed by atoms with Gasteiger partial charge in [0.2, 0.25) is 6.71 Å². The van der Waals surface area contributed by atoms with Gasteiger partial charge in [0.15, 0.2) is 0 Å². The second kappa shape index (κ2) is 14.4. The van der Waals surface area contributed by atoms with E-state index in [0.29, 0.717) is 0 Å². The van der Waals surface area contributed by atoms with Crippen LogP contribution >= 0.6 is 0 Å². The van der Waals surface area contributed by atoms with Gasteiger partial charge in [-0.1, -0.05) is 140 Å². The van der Waals surface area contributed by atoms with E-state index in [0.717, 1.165) is 51.0 Å². The standard InChI is InChI=1S/C64H59BN2O/c1-61(2)29-30-62(3,4)51-37-45(24-27-50(51)61)67-56-39-53-52(63(5,6)31-32-64(53,7)8)38-55(56)65-54-28-25-44(66(42-17-11-9-12-18-42)43-19-13-10-14-20-43)36-48(54)49-33-41(34-57(67)60(49)65)40-23-26-47-46-21-15-16-22-58(46)68-59(47)35-40/h9-28,33-39H,29-32H2,1-8H3. The van der Waals surface area contributed by atoms with Gasteiger partial charge in [-0.05, 0) is 188 Å². The summed E-state index contributed by atoms with van der Waals surface area (Å²) in [5.74, 6) is 0. The Hall–Kier alpha value is -6.78. The molecule has 0 atom stereocenters. The highest BCUT2D eigenvalue weighted by Gasteiger charge is 2.47. The molecule has 0 fully saturated rings. The molecule has 0 saturated heterocycles. The Balaban J connectivity index is 1.12. The maximum atomic E-state index is 6.57. The van der Waals surface area contributed by atoms with Crippen LogP contribution in [0.25, 0.3) is 44.2 Å². The third-order valence-electron chi connectivity index (χ3n) is 17.0. The molecule has 0 N–H and O–H groups in total. The molecule has 1 aromatic heterocycles. The van der Waals surface area contributed by atoms with Crippen LogP contribution < -0.4 is 26.2 Å². The molecule has 3 nitrogen and oxygen atoms in total. The average molecular weight is 883 g/mol. The third kappa shape index (κ3) is 6.11. The molecule has 8 aromatic carbocycles. The highest BCUT2D eigenvalue weighted by molar-refractivity contribution is 7.01. The number of hydrogen-bond donors (Lipinski definition) is 0. The fourth-order valence-corrected chi connectivity index (χ4v) is 12.8. The first-order valence-electron chi connectivity index (χ1n) is 25.0. The molecule has 334 valence electrons. The summed E-state index contributed by atoms with van der Waals surface area (Å²) in [6, 6.07) is 62.0. The van der Waals surface area contributed by atoms with E-state index >= 15 is 0 Å². The quantitative estimate of drug-likeness (QED) is 0.161. The van der Waals surface area contributed by atoms with E-state index < -0.39 is 0 Å². The molecule has 0 radical (unpaired) electrons. The van der Waals surface area contributed by atoms with Gasteiger partial charge in [-0.3, -0.25) is 0 Å². The molecule has 3 heterocycles. The van der Waals surface area contributed by atoms with Crippen LogP contribution in [0.3, 0.4) is 0 Å². The summed E-state index contributed by atoms with van der Waals surface area (Å²) >= 11 is 0. The van der Waals surface area contributed by atoms with Gasteiger partial charge < -0.3 is 14.2 Å². The summed E-state index contributed by atoms with van der Waals surface area (Å²) in [6.45, 7) is 19.8. The smallest absolute Gasteiger partial charge is 0.248 e. The van der Waals surface area contributed by atoms with E-state index in [4.69, 9.17) is 4.42 Å². The Morgan fingerprint density at radius 1 is 0.426 bits per heavy atom. The van der Waals surface area contributed by atoms with Crippen LogP contribution in [0.15, 0.2) is 168 Å². The second-order valence-corrected chi connectivity index (χ2v) is 23.0. The van der Waals surface area contributed by atoms with E-state index in [2.05, 4.69) is 229 Å². The first-order valence-corrected chi connectivity index (χ1v) is 25.0. The SMILES string of the molecule is CC1(C)CCC(C)(C)c2cc(N3c4cc5c(cc4B4c6ccc(N(c7ccccc7)c7ccccc7)cc6-c6cc(-c7ccc8c(c7)oc7ccccc78)cc3c64)C(C)(C)CCC5(C)C)ccc21. The Morgan fingerprint density at radius 3 is 1.72 bits per heavy atom. The Kier molecular flexibility index (Phi) is 8.75. The van der Waals surface area contributed by atoms with E-state index in [-0.39, 0.29) is 28.4 Å².